The van der Waals surface area contributed by atoms with E-state index in [1.54, 1.807) is 26.2 Å². The molecular weight excluding hydrogens is 334 g/mol. The Hall–Kier alpha value is -2.50. The van der Waals surface area contributed by atoms with E-state index in [2.05, 4.69) is 5.32 Å². The normalized spacial score (nSPS) is 15.0. The topological polar surface area (TPSA) is 77.8 Å². The molecule has 26 heavy (non-hydrogen) atoms. The molecule has 0 bridgehead atoms. The largest absolute Gasteiger partial charge is 0.497 e. The van der Waals surface area contributed by atoms with Gasteiger partial charge in [-0.3, -0.25) is 4.79 Å². The second-order valence-electron chi connectivity index (χ2n) is 6.80. The Balaban J connectivity index is 1.55. The first-order chi connectivity index (χ1) is 12.6. The molecule has 1 aliphatic carbocycles. The quantitative estimate of drug-likeness (QED) is 0.797. The molecule has 0 aliphatic heterocycles. The van der Waals surface area contributed by atoms with Crippen molar-refractivity contribution in [2.75, 3.05) is 20.3 Å². The van der Waals surface area contributed by atoms with Crippen LogP contribution in [0.1, 0.15) is 48.2 Å². The molecule has 0 radical (unpaired) electrons. The van der Waals surface area contributed by atoms with Crippen LogP contribution in [0.25, 0.3) is 11.0 Å². The number of amides is 1. The number of aryl methyl sites for hydroxylation is 1. The Kier molecular flexibility index (Phi) is 5.81. The third kappa shape index (κ3) is 4.18. The van der Waals surface area contributed by atoms with Crippen molar-refractivity contribution >= 4 is 22.8 Å². The summed E-state index contributed by atoms with van der Waals surface area (Å²) in [4.78, 5) is 24.2. The van der Waals surface area contributed by atoms with Gasteiger partial charge in [0.25, 0.3) is 5.91 Å². The molecule has 1 aromatic heterocycles. The van der Waals surface area contributed by atoms with E-state index in [0.717, 1.165) is 18.2 Å². The van der Waals surface area contributed by atoms with Crippen LogP contribution in [-0.4, -0.2) is 32.1 Å². The zero-order valence-corrected chi connectivity index (χ0v) is 15.3. The molecule has 1 heterocycles. The molecule has 140 valence electrons. The lowest BCUT2D eigenvalue weighted by Gasteiger charge is -2.21. The Morgan fingerprint density at radius 1 is 1.23 bits per heavy atom. The number of benzene rings is 1. The van der Waals surface area contributed by atoms with Crippen molar-refractivity contribution in [1.29, 1.82) is 0 Å². The number of rotatable bonds is 6. The first-order valence-corrected chi connectivity index (χ1v) is 9.09. The highest BCUT2D eigenvalue weighted by atomic mass is 16.5. The third-order valence-electron chi connectivity index (χ3n) is 4.98. The summed E-state index contributed by atoms with van der Waals surface area (Å²) >= 11 is 0. The first-order valence-electron chi connectivity index (χ1n) is 9.09. The molecule has 1 saturated carbocycles. The molecular formula is C20H25NO5. The average Bonchev–Trinajstić information content (AvgIpc) is 3.01. The van der Waals surface area contributed by atoms with Gasteiger partial charge in [0.1, 0.15) is 11.3 Å². The van der Waals surface area contributed by atoms with E-state index < -0.39 is 5.97 Å². The van der Waals surface area contributed by atoms with Crippen molar-refractivity contribution in [1.82, 2.24) is 5.32 Å². The van der Waals surface area contributed by atoms with Gasteiger partial charge in [-0.2, -0.15) is 0 Å². The maximum atomic E-state index is 12.3. The van der Waals surface area contributed by atoms with Gasteiger partial charge in [-0.25, -0.2) is 4.79 Å². The zero-order valence-electron chi connectivity index (χ0n) is 15.3. The minimum atomic E-state index is -0.634. The molecule has 0 saturated heterocycles. The van der Waals surface area contributed by atoms with Crippen molar-refractivity contribution in [2.45, 2.75) is 39.0 Å². The minimum absolute atomic E-state index is 0.119. The minimum Gasteiger partial charge on any atom is -0.497 e. The van der Waals surface area contributed by atoms with Gasteiger partial charge in [0, 0.05) is 17.5 Å². The van der Waals surface area contributed by atoms with Crippen LogP contribution in [0.5, 0.6) is 5.75 Å². The lowest BCUT2D eigenvalue weighted by molar-refractivity contribution is -0.124. The summed E-state index contributed by atoms with van der Waals surface area (Å²) < 4.78 is 15.9. The molecule has 0 spiro atoms. The Bertz CT molecular complexity index is 789. The standard InChI is InChI=1S/C20H25NO5/c1-13-16-10-15(24-2)8-9-17(16)26-19(13)20(23)25-12-18(22)21-11-14-6-4-3-5-7-14/h8-10,14H,3-7,11-12H2,1-2H3,(H,21,22). The number of fused-ring (bicyclic) bond motifs is 1. The zero-order chi connectivity index (χ0) is 18.5. The lowest BCUT2D eigenvalue weighted by atomic mass is 9.89. The molecule has 6 nitrogen and oxygen atoms in total. The fourth-order valence-corrected chi connectivity index (χ4v) is 3.42. The number of carbonyl (C=O) groups excluding carboxylic acids is 2. The number of nitrogens with one attached hydrogen (secondary N) is 1. The van der Waals surface area contributed by atoms with E-state index in [0.29, 0.717) is 29.4 Å². The summed E-state index contributed by atoms with van der Waals surface area (Å²) in [5.74, 6) is 0.428. The highest BCUT2D eigenvalue weighted by molar-refractivity contribution is 5.97. The summed E-state index contributed by atoms with van der Waals surface area (Å²) in [6.07, 6.45) is 6.05. The summed E-state index contributed by atoms with van der Waals surface area (Å²) in [5.41, 5.74) is 1.25. The van der Waals surface area contributed by atoms with Crippen LogP contribution in [0.4, 0.5) is 0 Å². The number of ether oxygens (including phenoxy) is 2. The number of hydrogen-bond acceptors (Lipinski definition) is 5. The molecule has 3 rings (SSSR count). The molecule has 2 aromatic rings. The molecule has 6 heteroatoms. The van der Waals surface area contributed by atoms with Crippen molar-refractivity contribution < 1.29 is 23.5 Å². The highest BCUT2D eigenvalue weighted by Crippen LogP contribution is 2.29. The van der Waals surface area contributed by atoms with Gasteiger partial charge in [0.2, 0.25) is 5.76 Å². The average molecular weight is 359 g/mol. The van der Waals surface area contributed by atoms with E-state index in [1.807, 2.05) is 6.07 Å². The van der Waals surface area contributed by atoms with E-state index in [4.69, 9.17) is 13.9 Å². The van der Waals surface area contributed by atoms with E-state index in [1.165, 1.54) is 19.3 Å². The summed E-state index contributed by atoms with van der Waals surface area (Å²) in [6, 6.07) is 5.32. The number of hydrogen-bond donors (Lipinski definition) is 1. The van der Waals surface area contributed by atoms with Crippen molar-refractivity contribution in [3.63, 3.8) is 0 Å². The predicted molar refractivity (Wildman–Crippen MR) is 97.4 cm³/mol. The summed E-state index contributed by atoms with van der Waals surface area (Å²) in [7, 11) is 1.58. The molecule has 1 N–H and O–H groups in total. The van der Waals surface area contributed by atoms with Crippen LogP contribution in [0.15, 0.2) is 22.6 Å². The second-order valence-corrected chi connectivity index (χ2v) is 6.80. The van der Waals surface area contributed by atoms with Gasteiger partial charge in [-0.05, 0) is 43.9 Å². The van der Waals surface area contributed by atoms with E-state index in [-0.39, 0.29) is 18.3 Å². The van der Waals surface area contributed by atoms with Crippen molar-refractivity contribution in [3.8, 4) is 5.75 Å². The Morgan fingerprint density at radius 2 is 2.00 bits per heavy atom. The van der Waals surface area contributed by atoms with Gasteiger partial charge in [-0.15, -0.1) is 0 Å². The van der Waals surface area contributed by atoms with Gasteiger partial charge in [0.15, 0.2) is 6.61 Å². The first kappa shape index (κ1) is 18.3. The smallest absolute Gasteiger partial charge is 0.375 e. The van der Waals surface area contributed by atoms with Crippen LogP contribution in [0, 0.1) is 12.8 Å². The molecule has 1 aromatic carbocycles. The molecule has 0 unspecified atom stereocenters. The Morgan fingerprint density at radius 3 is 2.73 bits per heavy atom. The second kappa shape index (κ2) is 8.25. The fraction of sp³-hybridized carbons (Fsp3) is 0.500. The molecule has 1 fully saturated rings. The monoisotopic (exact) mass is 359 g/mol. The molecule has 0 atom stereocenters. The van der Waals surface area contributed by atoms with Gasteiger partial charge in [0.05, 0.1) is 7.11 Å². The van der Waals surface area contributed by atoms with Crippen molar-refractivity contribution in [2.24, 2.45) is 5.92 Å². The number of carbonyl (C=O) groups is 2. The summed E-state index contributed by atoms with van der Waals surface area (Å²) in [5, 5.41) is 3.64. The Labute approximate surface area is 152 Å². The van der Waals surface area contributed by atoms with Crippen LogP contribution < -0.4 is 10.1 Å². The van der Waals surface area contributed by atoms with Crippen LogP contribution >= 0.6 is 0 Å². The highest BCUT2D eigenvalue weighted by Gasteiger charge is 2.21. The number of methoxy groups -OCH3 is 1. The van der Waals surface area contributed by atoms with Crippen LogP contribution in [-0.2, 0) is 9.53 Å². The molecule has 1 aliphatic rings. The van der Waals surface area contributed by atoms with E-state index >= 15 is 0 Å². The number of esters is 1. The van der Waals surface area contributed by atoms with Gasteiger partial charge in [-0.1, -0.05) is 19.3 Å². The third-order valence-corrected chi connectivity index (χ3v) is 4.98. The van der Waals surface area contributed by atoms with Gasteiger partial charge >= 0.3 is 5.97 Å². The van der Waals surface area contributed by atoms with E-state index in [9.17, 15) is 9.59 Å². The number of furan rings is 1. The molecule has 1 amide bonds. The van der Waals surface area contributed by atoms with Gasteiger partial charge < -0.3 is 19.2 Å². The lowest BCUT2D eigenvalue weighted by Crippen LogP contribution is -2.33. The summed E-state index contributed by atoms with van der Waals surface area (Å²) in [6.45, 7) is 2.14. The predicted octanol–water partition coefficient (Wildman–Crippen LogP) is 3.60. The SMILES string of the molecule is COc1ccc2oc(C(=O)OCC(=O)NCC3CCCCC3)c(C)c2c1. The maximum absolute atomic E-state index is 12.3. The maximum Gasteiger partial charge on any atom is 0.375 e. The van der Waals surface area contributed by atoms with Crippen LogP contribution in [0.2, 0.25) is 0 Å². The fourth-order valence-electron chi connectivity index (χ4n) is 3.42. The van der Waals surface area contributed by atoms with Crippen molar-refractivity contribution in [3.05, 3.63) is 29.5 Å². The van der Waals surface area contributed by atoms with Crippen LogP contribution in [0.3, 0.4) is 0 Å².